The Kier molecular flexibility index (Phi) is 9.01. The molecule has 0 aliphatic carbocycles. The summed E-state index contributed by atoms with van der Waals surface area (Å²) in [4.78, 5) is 54.7. The first-order valence-electron chi connectivity index (χ1n) is 11.4. The zero-order chi connectivity index (χ0) is 26.5. The average molecular weight is 540 g/mol. The first-order valence-corrected chi connectivity index (χ1v) is 14.1. The van der Waals surface area contributed by atoms with E-state index in [0.29, 0.717) is 16.8 Å². The number of amides is 2. The first-order chi connectivity index (χ1) is 17.1. The van der Waals surface area contributed by atoms with E-state index in [1.807, 2.05) is 6.92 Å². The van der Waals surface area contributed by atoms with Gasteiger partial charge in [-0.15, -0.1) is 0 Å². The zero-order valence-corrected chi connectivity index (χ0v) is 22.0. The summed E-state index contributed by atoms with van der Waals surface area (Å²) in [7, 11) is -1.61. The molecular formula is C23H29N3O8S2. The summed E-state index contributed by atoms with van der Waals surface area (Å²) < 4.78 is 36.7. The van der Waals surface area contributed by atoms with Crippen LogP contribution in [0.1, 0.15) is 43.0 Å². The Labute approximate surface area is 212 Å². The summed E-state index contributed by atoms with van der Waals surface area (Å²) in [5, 5.41) is 0. The summed E-state index contributed by atoms with van der Waals surface area (Å²) in [5.41, 5.74) is 0.761. The number of piperidine rings is 1. The zero-order valence-electron chi connectivity index (χ0n) is 20.4. The van der Waals surface area contributed by atoms with Crippen LogP contribution < -0.4 is 4.80 Å². The molecule has 1 fully saturated rings. The van der Waals surface area contributed by atoms with E-state index < -0.39 is 45.1 Å². The van der Waals surface area contributed by atoms with Gasteiger partial charge in [-0.25, -0.2) is 13.2 Å². The molecule has 2 heterocycles. The van der Waals surface area contributed by atoms with E-state index in [2.05, 4.69) is 4.99 Å². The Morgan fingerprint density at radius 2 is 1.86 bits per heavy atom. The van der Waals surface area contributed by atoms with Gasteiger partial charge in [-0.2, -0.15) is 4.99 Å². The number of thiazole rings is 1. The van der Waals surface area contributed by atoms with E-state index in [1.54, 1.807) is 11.0 Å². The lowest BCUT2D eigenvalue weighted by molar-refractivity contribution is -0.141. The molecule has 3 rings (SSSR count). The number of ether oxygens (including phenoxy) is 2. The van der Waals surface area contributed by atoms with Crippen molar-refractivity contribution >= 4 is 55.1 Å². The second-order valence-electron chi connectivity index (χ2n) is 8.40. The highest BCUT2D eigenvalue weighted by Gasteiger charge is 2.29. The number of methoxy groups -OCH3 is 2. The average Bonchev–Trinajstić information content (AvgIpc) is 3.17. The lowest BCUT2D eigenvalue weighted by Crippen LogP contribution is -2.46. The fraction of sp³-hybridized carbons (Fsp3) is 0.522. The minimum absolute atomic E-state index is 0.00699. The molecule has 1 unspecified atom stereocenters. The van der Waals surface area contributed by atoms with Crippen LogP contribution in [-0.2, 0) is 40.2 Å². The maximum absolute atomic E-state index is 12.7. The van der Waals surface area contributed by atoms with Crippen molar-refractivity contribution in [2.24, 2.45) is 4.99 Å². The summed E-state index contributed by atoms with van der Waals surface area (Å²) in [6.07, 6.45) is 3.39. The molecule has 2 aromatic rings. The lowest BCUT2D eigenvalue weighted by Gasteiger charge is -2.35. The third kappa shape index (κ3) is 6.58. The van der Waals surface area contributed by atoms with Gasteiger partial charge in [-0.3, -0.25) is 14.4 Å². The number of hydrogen-bond acceptors (Lipinski definition) is 9. The summed E-state index contributed by atoms with van der Waals surface area (Å²) in [6, 6.07) is 4.61. The maximum atomic E-state index is 12.7. The second kappa shape index (κ2) is 11.8. The van der Waals surface area contributed by atoms with Crippen molar-refractivity contribution in [2.75, 3.05) is 32.3 Å². The molecule has 1 aliphatic heterocycles. The topological polar surface area (TPSA) is 141 Å². The van der Waals surface area contributed by atoms with E-state index >= 15 is 0 Å². The van der Waals surface area contributed by atoms with Crippen LogP contribution in [0.25, 0.3) is 10.2 Å². The molecule has 1 aromatic carbocycles. The molecule has 11 nitrogen and oxygen atoms in total. The predicted octanol–water partition coefficient (Wildman–Crippen LogP) is 1.30. The maximum Gasteiger partial charge on any atom is 0.337 e. The number of rotatable bonds is 8. The highest BCUT2D eigenvalue weighted by atomic mass is 32.2. The molecule has 1 aromatic heterocycles. The van der Waals surface area contributed by atoms with Gasteiger partial charge in [0.1, 0.15) is 18.1 Å². The van der Waals surface area contributed by atoms with Crippen LogP contribution in [0.3, 0.4) is 0 Å². The molecule has 13 heteroatoms. The standard InChI is InChI=1S/C23H29N3O8S2/c1-4-16-7-5-6-10-25(16)20(28)14-36(31,32)13-19(27)24-23-26(12-21(29)33-2)17-9-8-15(22(30)34-3)11-18(17)35-23/h8-9,11,16H,4-7,10,12-14H2,1-3H3. The van der Waals surface area contributed by atoms with Crippen molar-refractivity contribution in [3.63, 3.8) is 0 Å². The molecule has 36 heavy (non-hydrogen) atoms. The number of likely N-dealkylation sites (tertiary alicyclic amines) is 1. The monoisotopic (exact) mass is 539 g/mol. The molecule has 1 atom stereocenters. The van der Waals surface area contributed by atoms with Gasteiger partial charge in [0.15, 0.2) is 14.6 Å². The SMILES string of the molecule is CCC1CCCCN1C(=O)CS(=O)(=O)CC(=O)N=c1sc2cc(C(=O)OC)ccc2n1CC(=O)OC. The largest absolute Gasteiger partial charge is 0.468 e. The van der Waals surface area contributed by atoms with E-state index in [1.165, 1.54) is 30.9 Å². The highest BCUT2D eigenvalue weighted by molar-refractivity contribution is 7.92. The van der Waals surface area contributed by atoms with Crippen molar-refractivity contribution in [1.29, 1.82) is 0 Å². The number of nitrogens with zero attached hydrogens (tertiary/aromatic N) is 3. The smallest absolute Gasteiger partial charge is 0.337 e. The second-order valence-corrected chi connectivity index (χ2v) is 11.5. The molecule has 1 aliphatic rings. The van der Waals surface area contributed by atoms with Crippen LogP contribution in [0.4, 0.5) is 0 Å². The summed E-state index contributed by atoms with van der Waals surface area (Å²) in [6.45, 7) is 2.18. The number of benzene rings is 1. The van der Waals surface area contributed by atoms with Crippen LogP contribution in [0.2, 0.25) is 0 Å². The number of sulfone groups is 1. The fourth-order valence-corrected chi connectivity index (χ4v) is 6.32. The molecular weight excluding hydrogens is 510 g/mol. The van der Waals surface area contributed by atoms with Crippen molar-refractivity contribution in [2.45, 2.75) is 45.2 Å². The number of carbonyl (C=O) groups is 4. The van der Waals surface area contributed by atoms with Crippen LogP contribution in [0, 0.1) is 0 Å². The number of esters is 2. The van der Waals surface area contributed by atoms with Crippen LogP contribution in [-0.4, -0.2) is 79.9 Å². The Morgan fingerprint density at radius 3 is 2.53 bits per heavy atom. The first kappa shape index (κ1) is 27.5. The van der Waals surface area contributed by atoms with Crippen molar-refractivity contribution in [3.05, 3.63) is 28.6 Å². The molecule has 0 N–H and O–H groups in total. The predicted molar refractivity (Wildman–Crippen MR) is 132 cm³/mol. The van der Waals surface area contributed by atoms with Gasteiger partial charge in [0.05, 0.1) is 30.0 Å². The summed E-state index contributed by atoms with van der Waals surface area (Å²) >= 11 is 1.00. The van der Waals surface area contributed by atoms with Crippen LogP contribution >= 0.6 is 11.3 Å². The minimum Gasteiger partial charge on any atom is -0.468 e. The molecule has 0 bridgehead atoms. The van der Waals surface area contributed by atoms with E-state index in [9.17, 15) is 27.6 Å². The number of fused-ring (bicyclic) bond motifs is 1. The Balaban J connectivity index is 1.87. The quantitative estimate of drug-likeness (QED) is 0.457. The Hall–Kier alpha value is -3.06. The molecule has 0 radical (unpaired) electrons. The van der Waals surface area contributed by atoms with Crippen molar-refractivity contribution in [1.82, 2.24) is 9.47 Å². The fourth-order valence-electron chi connectivity index (χ4n) is 4.15. The number of hydrogen-bond donors (Lipinski definition) is 0. The molecule has 196 valence electrons. The third-order valence-corrected chi connectivity index (χ3v) is 8.36. The Morgan fingerprint density at radius 1 is 1.11 bits per heavy atom. The number of carbonyl (C=O) groups excluding carboxylic acids is 4. The van der Waals surface area contributed by atoms with Gasteiger partial charge in [-0.1, -0.05) is 18.3 Å². The van der Waals surface area contributed by atoms with Crippen molar-refractivity contribution < 1.29 is 37.1 Å². The van der Waals surface area contributed by atoms with Crippen LogP contribution in [0.5, 0.6) is 0 Å². The van der Waals surface area contributed by atoms with Gasteiger partial charge < -0.3 is 18.9 Å². The van der Waals surface area contributed by atoms with Crippen LogP contribution in [0.15, 0.2) is 23.2 Å². The summed E-state index contributed by atoms with van der Waals surface area (Å²) in [5.74, 6) is -4.34. The Bertz CT molecular complexity index is 1340. The van der Waals surface area contributed by atoms with Gasteiger partial charge in [0.25, 0.3) is 5.91 Å². The van der Waals surface area contributed by atoms with Gasteiger partial charge >= 0.3 is 11.9 Å². The van der Waals surface area contributed by atoms with Crippen molar-refractivity contribution in [3.8, 4) is 0 Å². The van der Waals surface area contributed by atoms with E-state index in [4.69, 9.17) is 9.47 Å². The molecule has 0 spiro atoms. The third-order valence-electron chi connectivity index (χ3n) is 5.94. The van der Waals surface area contributed by atoms with Gasteiger partial charge in [0.2, 0.25) is 5.91 Å². The normalized spacial score (nSPS) is 16.7. The molecule has 1 saturated heterocycles. The van der Waals surface area contributed by atoms with Gasteiger partial charge in [0, 0.05) is 12.6 Å². The molecule has 2 amide bonds. The van der Waals surface area contributed by atoms with Gasteiger partial charge in [-0.05, 0) is 43.9 Å². The molecule has 0 saturated carbocycles. The highest BCUT2D eigenvalue weighted by Crippen LogP contribution is 2.21. The lowest BCUT2D eigenvalue weighted by atomic mass is 10.0. The number of aromatic nitrogens is 1. The minimum atomic E-state index is -4.07. The van der Waals surface area contributed by atoms with E-state index in [-0.39, 0.29) is 23.0 Å². The van der Waals surface area contributed by atoms with E-state index in [0.717, 1.165) is 37.0 Å².